The van der Waals surface area contributed by atoms with Crippen LogP contribution in [-0.4, -0.2) is 32.9 Å². The Morgan fingerprint density at radius 1 is 1.29 bits per heavy atom. The molecule has 1 aromatic carbocycles. The van der Waals surface area contributed by atoms with Gasteiger partial charge >= 0.3 is 0 Å². The third kappa shape index (κ3) is 5.16. The molecule has 0 heterocycles. The van der Waals surface area contributed by atoms with Crippen molar-refractivity contribution in [3.63, 3.8) is 0 Å². The van der Waals surface area contributed by atoms with E-state index < -0.39 is 10.0 Å². The number of hydrogen-bond donors (Lipinski definition) is 3. The minimum absolute atomic E-state index is 0.0300. The quantitative estimate of drug-likeness (QED) is 0.653. The molecule has 0 fully saturated rings. The maximum Gasteiger partial charge on any atom is 0.208 e. The van der Waals surface area contributed by atoms with Crippen molar-refractivity contribution in [1.29, 1.82) is 0 Å². The van der Waals surface area contributed by atoms with Crippen LogP contribution in [0.2, 0.25) is 0 Å². The number of benzene rings is 1. The molecule has 3 N–H and O–H groups in total. The van der Waals surface area contributed by atoms with Gasteiger partial charge in [-0.05, 0) is 13.0 Å². The molecule has 0 aliphatic carbocycles. The lowest BCUT2D eigenvalue weighted by atomic mass is 10.1. The summed E-state index contributed by atoms with van der Waals surface area (Å²) in [6.07, 6.45) is 1.12. The van der Waals surface area contributed by atoms with Gasteiger partial charge in [-0.2, -0.15) is 0 Å². The predicted molar refractivity (Wildman–Crippen MR) is 67.4 cm³/mol. The first-order valence-corrected chi connectivity index (χ1v) is 7.25. The van der Waals surface area contributed by atoms with Crippen molar-refractivity contribution in [2.75, 3.05) is 19.3 Å². The highest BCUT2D eigenvalue weighted by Crippen LogP contribution is 2.22. The van der Waals surface area contributed by atoms with E-state index in [0.29, 0.717) is 13.1 Å². The number of phenolic OH excluding ortho intramolecular Hbond substituents is 1. The summed E-state index contributed by atoms with van der Waals surface area (Å²) in [6, 6.07) is 7.04. The first-order valence-electron chi connectivity index (χ1n) is 5.36. The molecule has 0 bridgehead atoms. The highest BCUT2D eigenvalue weighted by molar-refractivity contribution is 7.88. The average Bonchev–Trinajstić information content (AvgIpc) is 2.23. The molecule has 5 nitrogen and oxygen atoms in total. The summed E-state index contributed by atoms with van der Waals surface area (Å²) in [6.45, 7) is 2.74. The third-order valence-electron chi connectivity index (χ3n) is 2.34. The van der Waals surface area contributed by atoms with Gasteiger partial charge in [-0.25, -0.2) is 13.1 Å². The number of phenols is 1. The number of para-hydroxylation sites is 1. The third-order valence-corrected chi connectivity index (χ3v) is 3.07. The van der Waals surface area contributed by atoms with Gasteiger partial charge in [0.25, 0.3) is 0 Å². The molecule has 1 unspecified atom stereocenters. The van der Waals surface area contributed by atoms with E-state index in [-0.39, 0.29) is 11.8 Å². The van der Waals surface area contributed by atoms with E-state index in [1.807, 2.05) is 19.1 Å². The summed E-state index contributed by atoms with van der Waals surface area (Å²) in [5, 5.41) is 12.7. The Bertz CT molecular complexity index is 460. The average molecular weight is 258 g/mol. The molecule has 6 heteroatoms. The number of rotatable bonds is 6. The second-order valence-corrected chi connectivity index (χ2v) is 5.73. The molecule has 0 amide bonds. The van der Waals surface area contributed by atoms with Crippen LogP contribution in [0.15, 0.2) is 24.3 Å². The molecule has 0 aliphatic heterocycles. The summed E-state index contributed by atoms with van der Waals surface area (Å²) >= 11 is 0. The van der Waals surface area contributed by atoms with Crippen molar-refractivity contribution in [3.05, 3.63) is 29.8 Å². The first kappa shape index (κ1) is 14.0. The molecule has 96 valence electrons. The Morgan fingerprint density at radius 2 is 1.94 bits per heavy atom. The number of nitrogens with one attached hydrogen (secondary N) is 2. The Hall–Kier alpha value is -1.11. The molecule has 0 radical (unpaired) electrons. The van der Waals surface area contributed by atoms with Crippen LogP contribution in [0.25, 0.3) is 0 Å². The van der Waals surface area contributed by atoms with Gasteiger partial charge in [-0.15, -0.1) is 0 Å². The van der Waals surface area contributed by atoms with Crippen LogP contribution in [0.5, 0.6) is 5.75 Å². The standard InChI is InChI=1S/C11H18N2O3S/c1-9(10-5-3-4-6-11(10)14)12-7-8-13-17(2,15)16/h3-6,9,12-14H,7-8H2,1-2H3. The van der Waals surface area contributed by atoms with Gasteiger partial charge in [-0.1, -0.05) is 18.2 Å². The van der Waals surface area contributed by atoms with Crippen molar-refractivity contribution in [2.24, 2.45) is 0 Å². The number of aromatic hydroxyl groups is 1. The molecule has 0 aliphatic rings. The van der Waals surface area contributed by atoms with Crippen molar-refractivity contribution in [2.45, 2.75) is 13.0 Å². The second kappa shape index (κ2) is 6.00. The molecule has 0 aromatic heterocycles. The van der Waals surface area contributed by atoms with E-state index in [4.69, 9.17) is 0 Å². The monoisotopic (exact) mass is 258 g/mol. The molecule has 1 rings (SSSR count). The smallest absolute Gasteiger partial charge is 0.208 e. The second-order valence-electron chi connectivity index (χ2n) is 3.90. The van der Waals surface area contributed by atoms with Gasteiger partial charge in [0.15, 0.2) is 0 Å². The summed E-state index contributed by atoms with van der Waals surface area (Å²) in [7, 11) is -3.13. The van der Waals surface area contributed by atoms with E-state index >= 15 is 0 Å². The highest BCUT2D eigenvalue weighted by Gasteiger charge is 2.08. The van der Waals surface area contributed by atoms with Gasteiger partial charge in [0.2, 0.25) is 10.0 Å². The summed E-state index contributed by atoms with van der Waals surface area (Å²) in [5.74, 6) is 0.239. The molecular weight excluding hydrogens is 240 g/mol. The molecule has 1 atom stereocenters. The van der Waals surface area contributed by atoms with E-state index in [1.165, 1.54) is 0 Å². The lowest BCUT2D eigenvalue weighted by molar-refractivity contribution is 0.453. The van der Waals surface area contributed by atoms with Crippen LogP contribution in [0.1, 0.15) is 18.5 Å². The van der Waals surface area contributed by atoms with Crippen molar-refractivity contribution < 1.29 is 13.5 Å². The fourth-order valence-corrected chi connectivity index (χ4v) is 1.96. The highest BCUT2D eigenvalue weighted by atomic mass is 32.2. The van der Waals surface area contributed by atoms with Crippen LogP contribution < -0.4 is 10.0 Å². The fourth-order valence-electron chi connectivity index (χ4n) is 1.49. The Labute approximate surface area is 102 Å². The number of sulfonamides is 1. The maximum absolute atomic E-state index is 10.8. The lowest BCUT2D eigenvalue weighted by Crippen LogP contribution is -2.32. The van der Waals surface area contributed by atoms with Gasteiger partial charge in [0.05, 0.1) is 6.26 Å². The van der Waals surface area contributed by atoms with Crippen LogP contribution in [-0.2, 0) is 10.0 Å². The summed E-state index contributed by atoms with van der Waals surface area (Å²) < 4.78 is 24.0. The molecular formula is C11H18N2O3S. The van der Waals surface area contributed by atoms with Gasteiger partial charge in [0, 0.05) is 24.7 Å². The SMILES string of the molecule is CC(NCCNS(C)(=O)=O)c1ccccc1O. The topological polar surface area (TPSA) is 78.4 Å². The summed E-state index contributed by atoms with van der Waals surface area (Å²) in [4.78, 5) is 0. The largest absolute Gasteiger partial charge is 0.508 e. The zero-order valence-electron chi connectivity index (χ0n) is 9.97. The van der Waals surface area contributed by atoms with Gasteiger partial charge in [0.1, 0.15) is 5.75 Å². The zero-order valence-corrected chi connectivity index (χ0v) is 10.8. The van der Waals surface area contributed by atoms with E-state index in [1.54, 1.807) is 12.1 Å². The predicted octanol–water partition coefficient (Wildman–Crippen LogP) is 0.592. The van der Waals surface area contributed by atoms with Crippen LogP contribution in [0, 0.1) is 0 Å². The normalized spacial score (nSPS) is 13.5. The van der Waals surface area contributed by atoms with E-state index in [2.05, 4.69) is 10.0 Å². The number of hydrogen-bond acceptors (Lipinski definition) is 4. The minimum atomic E-state index is -3.13. The van der Waals surface area contributed by atoms with Crippen molar-refractivity contribution in [1.82, 2.24) is 10.0 Å². The van der Waals surface area contributed by atoms with E-state index in [0.717, 1.165) is 11.8 Å². The lowest BCUT2D eigenvalue weighted by Gasteiger charge is -2.15. The van der Waals surface area contributed by atoms with E-state index in [9.17, 15) is 13.5 Å². The fraction of sp³-hybridized carbons (Fsp3) is 0.455. The van der Waals surface area contributed by atoms with Crippen molar-refractivity contribution >= 4 is 10.0 Å². The van der Waals surface area contributed by atoms with Crippen molar-refractivity contribution in [3.8, 4) is 5.75 Å². The summed E-state index contributed by atoms with van der Waals surface area (Å²) in [5.41, 5.74) is 0.798. The minimum Gasteiger partial charge on any atom is -0.508 e. The Morgan fingerprint density at radius 3 is 2.53 bits per heavy atom. The van der Waals surface area contributed by atoms with Crippen LogP contribution in [0.3, 0.4) is 0 Å². The molecule has 17 heavy (non-hydrogen) atoms. The molecule has 0 spiro atoms. The van der Waals surface area contributed by atoms with Crippen LogP contribution in [0.4, 0.5) is 0 Å². The molecule has 0 saturated carbocycles. The van der Waals surface area contributed by atoms with Gasteiger partial charge < -0.3 is 10.4 Å². The van der Waals surface area contributed by atoms with Gasteiger partial charge in [-0.3, -0.25) is 0 Å². The molecule has 1 aromatic rings. The first-order chi connectivity index (χ1) is 7.90. The Balaban J connectivity index is 2.41. The molecule has 0 saturated heterocycles. The zero-order chi connectivity index (χ0) is 12.9. The maximum atomic E-state index is 10.8. The van der Waals surface area contributed by atoms with Crippen LogP contribution >= 0.6 is 0 Å². The Kier molecular flexibility index (Phi) is 4.92.